The van der Waals surface area contributed by atoms with Gasteiger partial charge in [-0.05, 0) is 51.0 Å². The monoisotopic (exact) mass is 211 g/mol. The molecule has 1 atom stereocenters. The van der Waals surface area contributed by atoms with Crippen molar-refractivity contribution < 1.29 is 4.74 Å². The van der Waals surface area contributed by atoms with Crippen molar-refractivity contribution in [2.75, 3.05) is 19.8 Å². The van der Waals surface area contributed by atoms with Gasteiger partial charge in [0.15, 0.2) is 0 Å². The van der Waals surface area contributed by atoms with Gasteiger partial charge in [0.2, 0.25) is 0 Å². The fourth-order valence-electron chi connectivity index (χ4n) is 2.51. The maximum atomic E-state index is 5.39. The van der Waals surface area contributed by atoms with Crippen molar-refractivity contribution in [2.45, 2.75) is 51.5 Å². The van der Waals surface area contributed by atoms with Crippen molar-refractivity contribution in [1.29, 1.82) is 0 Å². The van der Waals surface area contributed by atoms with Crippen LogP contribution in [0.4, 0.5) is 0 Å². The van der Waals surface area contributed by atoms with Gasteiger partial charge in [0.25, 0.3) is 0 Å². The largest absolute Gasteiger partial charge is 0.381 e. The first-order chi connectivity index (χ1) is 7.36. The highest BCUT2D eigenvalue weighted by molar-refractivity contribution is 4.76. The second kappa shape index (κ2) is 5.86. The van der Waals surface area contributed by atoms with Crippen LogP contribution in [0.2, 0.25) is 0 Å². The van der Waals surface area contributed by atoms with Gasteiger partial charge in [0.1, 0.15) is 0 Å². The van der Waals surface area contributed by atoms with Crippen LogP contribution in [0.5, 0.6) is 0 Å². The summed E-state index contributed by atoms with van der Waals surface area (Å²) in [5.74, 6) is 1.94. The van der Waals surface area contributed by atoms with Gasteiger partial charge in [-0.15, -0.1) is 0 Å². The van der Waals surface area contributed by atoms with E-state index in [1.165, 1.54) is 45.1 Å². The lowest BCUT2D eigenvalue weighted by atomic mass is 9.93. The van der Waals surface area contributed by atoms with Gasteiger partial charge in [0.05, 0.1) is 0 Å². The zero-order valence-corrected chi connectivity index (χ0v) is 10.0. The van der Waals surface area contributed by atoms with E-state index in [9.17, 15) is 0 Å². The van der Waals surface area contributed by atoms with E-state index in [0.29, 0.717) is 6.04 Å². The molecule has 2 nitrogen and oxygen atoms in total. The Morgan fingerprint density at radius 2 is 1.93 bits per heavy atom. The zero-order chi connectivity index (χ0) is 10.5. The number of nitrogens with one attached hydrogen (secondary N) is 1. The molecule has 0 spiro atoms. The van der Waals surface area contributed by atoms with Crippen LogP contribution in [-0.2, 0) is 4.74 Å². The van der Waals surface area contributed by atoms with Gasteiger partial charge in [-0.3, -0.25) is 0 Å². The maximum Gasteiger partial charge on any atom is 0.0469 e. The minimum Gasteiger partial charge on any atom is -0.381 e. The van der Waals surface area contributed by atoms with E-state index in [4.69, 9.17) is 4.74 Å². The average Bonchev–Trinajstić information content (AvgIpc) is 3.09. The smallest absolute Gasteiger partial charge is 0.0469 e. The third-order valence-electron chi connectivity index (χ3n) is 3.93. The fourth-order valence-corrected chi connectivity index (χ4v) is 2.51. The Morgan fingerprint density at radius 1 is 1.20 bits per heavy atom. The number of rotatable bonds is 6. The van der Waals surface area contributed by atoms with Gasteiger partial charge in [0, 0.05) is 19.3 Å². The molecule has 2 aliphatic rings. The van der Waals surface area contributed by atoms with E-state index in [1.807, 2.05) is 0 Å². The van der Waals surface area contributed by atoms with Crippen molar-refractivity contribution in [3.63, 3.8) is 0 Å². The van der Waals surface area contributed by atoms with Crippen LogP contribution in [0.15, 0.2) is 0 Å². The summed E-state index contributed by atoms with van der Waals surface area (Å²) in [6.07, 6.45) is 8.31. The van der Waals surface area contributed by atoms with Crippen LogP contribution in [0.1, 0.15) is 45.4 Å². The maximum absolute atomic E-state index is 5.39. The van der Waals surface area contributed by atoms with Gasteiger partial charge in [-0.1, -0.05) is 12.8 Å². The van der Waals surface area contributed by atoms with Crippen molar-refractivity contribution in [3.05, 3.63) is 0 Å². The second-order valence-electron chi connectivity index (χ2n) is 5.28. The van der Waals surface area contributed by atoms with Gasteiger partial charge >= 0.3 is 0 Å². The molecule has 0 aromatic rings. The molecular formula is C13H25NO. The van der Waals surface area contributed by atoms with Crippen molar-refractivity contribution in [3.8, 4) is 0 Å². The van der Waals surface area contributed by atoms with Gasteiger partial charge < -0.3 is 10.1 Å². The average molecular weight is 211 g/mol. The van der Waals surface area contributed by atoms with Crippen LogP contribution in [0, 0.1) is 11.8 Å². The van der Waals surface area contributed by atoms with E-state index in [2.05, 4.69) is 12.2 Å². The van der Waals surface area contributed by atoms with Crippen LogP contribution >= 0.6 is 0 Å². The Morgan fingerprint density at radius 3 is 2.60 bits per heavy atom. The molecule has 0 bridgehead atoms. The molecule has 1 saturated heterocycles. The molecule has 15 heavy (non-hydrogen) atoms. The van der Waals surface area contributed by atoms with Crippen LogP contribution in [0.25, 0.3) is 0 Å². The zero-order valence-electron chi connectivity index (χ0n) is 10.0. The molecule has 2 heteroatoms. The molecule has 0 radical (unpaired) electrons. The SMILES string of the molecule is CC(NCCCC1CC1)C1CCOCC1. The lowest BCUT2D eigenvalue weighted by molar-refractivity contribution is 0.0560. The number of hydrogen-bond acceptors (Lipinski definition) is 2. The highest BCUT2D eigenvalue weighted by atomic mass is 16.5. The van der Waals surface area contributed by atoms with E-state index >= 15 is 0 Å². The van der Waals surface area contributed by atoms with E-state index in [-0.39, 0.29) is 0 Å². The molecule has 1 saturated carbocycles. The molecule has 0 aromatic heterocycles. The standard InChI is InChI=1S/C13H25NO/c1-11(13-6-9-15-10-7-13)14-8-2-3-12-4-5-12/h11-14H,2-10H2,1H3. The summed E-state index contributed by atoms with van der Waals surface area (Å²) in [5, 5.41) is 3.68. The number of hydrogen-bond donors (Lipinski definition) is 1. The van der Waals surface area contributed by atoms with Crippen LogP contribution < -0.4 is 5.32 Å². The summed E-state index contributed by atoms with van der Waals surface area (Å²) < 4.78 is 5.39. The Bertz CT molecular complexity index is 173. The third-order valence-corrected chi connectivity index (χ3v) is 3.93. The Kier molecular flexibility index (Phi) is 4.45. The van der Waals surface area contributed by atoms with Crippen LogP contribution in [0.3, 0.4) is 0 Å². The summed E-state index contributed by atoms with van der Waals surface area (Å²) in [6, 6.07) is 0.688. The predicted octanol–water partition coefficient (Wildman–Crippen LogP) is 2.58. The van der Waals surface area contributed by atoms with E-state index in [1.54, 1.807) is 0 Å². The second-order valence-corrected chi connectivity index (χ2v) is 5.28. The van der Waals surface area contributed by atoms with Crippen molar-refractivity contribution in [1.82, 2.24) is 5.32 Å². The lowest BCUT2D eigenvalue weighted by Gasteiger charge is -2.28. The highest BCUT2D eigenvalue weighted by Crippen LogP contribution is 2.33. The first kappa shape index (κ1) is 11.4. The number of ether oxygens (including phenoxy) is 1. The molecule has 1 N–H and O–H groups in total. The summed E-state index contributed by atoms with van der Waals surface area (Å²) in [4.78, 5) is 0. The minimum absolute atomic E-state index is 0.688. The first-order valence-corrected chi connectivity index (χ1v) is 6.67. The molecule has 1 aliphatic heterocycles. The third kappa shape index (κ3) is 4.12. The Hall–Kier alpha value is -0.0800. The molecular weight excluding hydrogens is 186 g/mol. The molecule has 88 valence electrons. The quantitative estimate of drug-likeness (QED) is 0.682. The predicted molar refractivity (Wildman–Crippen MR) is 63.0 cm³/mol. The summed E-state index contributed by atoms with van der Waals surface area (Å²) in [7, 11) is 0. The summed E-state index contributed by atoms with van der Waals surface area (Å²) in [6.45, 7) is 5.50. The summed E-state index contributed by atoms with van der Waals surface area (Å²) >= 11 is 0. The first-order valence-electron chi connectivity index (χ1n) is 6.67. The van der Waals surface area contributed by atoms with Gasteiger partial charge in [-0.2, -0.15) is 0 Å². The Labute approximate surface area is 93.8 Å². The Balaban J connectivity index is 1.52. The molecule has 1 unspecified atom stereocenters. The fraction of sp³-hybridized carbons (Fsp3) is 1.00. The van der Waals surface area contributed by atoms with E-state index < -0.39 is 0 Å². The molecule has 0 aromatic carbocycles. The lowest BCUT2D eigenvalue weighted by Crippen LogP contribution is -2.37. The molecule has 2 rings (SSSR count). The molecule has 2 fully saturated rings. The van der Waals surface area contributed by atoms with Crippen molar-refractivity contribution >= 4 is 0 Å². The molecule has 1 aliphatic carbocycles. The van der Waals surface area contributed by atoms with Crippen LogP contribution in [-0.4, -0.2) is 25.8 Å². The van der Waals surface area contributed by atoms with E-state index in [0.717, 1.165) is 25.0 Å². The van der Waals surface area contributed by atoms with Gasteiger partial charge in [-0.25, -0.2) is 0 Å². The molecule has 0 amide bonds. The topological polar surface area (TPSA) is 21.3 Å². The highest BCUT2D eigenvalue weighted by Gasteiger charge is 2.21. The van der Waals surface area contributed by atoms with Crippen molar-refractivity contribution in [2.24, 2.45) is 11.8 Å². The molecule has 1 heterocycles. The minimum atomic E-state index is 0.688. The summed E-state index contributed by atoms with van der Waals surface area (Å²) in [5.41, 5.74) is 0. The normalized spacial score (nSPS) is 25.4.